The monoisotopic (exact) mass is 361 g/mol. The summed E-state index contributed by atoms with van der Waals surface area (Å²) >= 11 is 5.82. The van der Waals surface area contributed by atoms with Crippen molar-refractivity contribution >= 4 is 23.2 Å². The highest BCUT2D eigenvalue weighted by molar-refractivity contribution is 6.30. The Kier molecular flexibility index (Phi) is 6.09. The van der Waals surface area contributed by atoms with Gasteiger partial charge in [0.15, 0.2) is 0 Å². The fraction of sp³-hybridized carbons (Fsp3) is 0.333. The predicted octanol–water partition coefficient (Wildman–Crippen LogP) is 2.38. The van der Waals surface area contributed by atoms with E-state index in [0.29, 0.717) is 42.8 Å². The largest absolute Gasteiger partial charge is 0.492 e. The second kappa shape index (κ2) is 8.69. The molecule has 0 bridgehead atoms. The zero-order chi connectivity index (χ0) is 17.5. The third kappa shape index (κ3) is 5.08. The van der Waals surface area contributed by atoms with Gasteiger partial charge in [-0.25, -0.2) is 0 Å². The molecule has 0 aliphatic carbocycles. The average Bonchev–Trinajstić information content (AvgIpc) is 2.67. The molecular formula is C18H20ClN3O3. The SMILES string of the molecule is O=C(NCCOc1ccc(Cl)cc1)c1cc(N2CCOCC2)ccn1. The number of benzene rings is 1. The summed E-state index contributed by atoms with van der Waals surface area (Å²) in [5.74, 6) is 0.501. The van der Waals surface area contributed by atoms with E-state index in [1.165, 1.54) is 0 Å². The minimum Gasteiger partial charge on any atom is -0.492 e. The van der Waals surface area contributed by atoms with E-state index in [4.69, 9.17) is 21.1 Å². The van der Waals surface area contributed by atoms with Crippen LogP contribution in [0.1, 0.15) is 10.5 Å². The van der Waals surface area contributed by atoms with Crippen LogP contribution in [-0.4, -0.2) is 50.3 Å². The lowest BCUT2D eigenvalue weighted by Gasteiger charge is -2.28. The molecule has 2 aromatic rings. The Balaban J connectivity index is 1.48. The number of carbonyl (C=O) groups is 1. The molecule has 1 aromatic carbocycles. The van der Waals surface area contributed by atoms with Crippen LogP contribution in [0.4, 0.5) is 5.69 Å². The van der Waals surface area contributed by atoms with Crippen LogP contribution in [0.2, 0.25) is 5.02 Å². The summed E-state index contributed by atoms with van der Waals surface area (Å²) in [6.45, 7) is 3.80. The van der Waals surface area contributed by atoms with Crippen molar-refractivity contribution in [2.24, 2.45) is 0 Å². The quantitative estimate of drug-likeness (QED) is 0.800. The third-order valence-corrected chi connectivity index (χ3v) is 4.07. The van der Waals surface area contributed by atoms with Gasteiger partial charge < -0.3 is 19.7 Å². The Morgan fingerprint density at radius 3 is 2.76 bits per heavy atom. The number of hydrogen-bond donors (Lipinski definition) is 1. The van der Waals surface area contributed by atoms with Crippen molar-refractivity contribution in [3.63, 3.8) is 0 Å². The van der Waals surface area contributed by atoms with Gasteiger partial charge in [0.25, 0.3) is 5.91 Å². The maximum atomic E-state index is 12.2. The highest BCUT2D eigenvalue weighted by Crippen LogP contribution is 2.16. The number of hydrogen-bond acceptors (Lipinski definition) is 5. The van der Waals surface area contributed by atoms with E-state index in [9.17, 15) is 4.79 Å². The van der Waals surface area contributed by atoms with Gasteiger partial charge in [0.2, 0.25) is 0 Å². The predicted molar refractivity (Wildman–Crippen MR) is 96.5 cm³/mol. The van der Waals surface area contributed by atoms with E-state index in [-0.39, 0.29) is 5.91 Å². The van der Waals surface area contributed by atoms with E-state index in [1.807, 2.05) is 6.07 Å². The first-order valence-electron chi connectivity index (χ1n) is 8.18. The van der Waals surface area contributed by atoms with E-state index >= 15 is 0 Å². The molecule has 6 nitrogen and oxygen atoms in total. The Morgan fingerprint density at radius 2 is 2.00 bits per heavy atom. The third-order valence-electron chi connectivity index (χ3n) is 3.82. The molecular weight excluding hydrogens is 342 g/mol. The van der Waals surface area contributed by atoms with Gasteiger partial charge in [-0.1, -0.05) is 11.6 Å². The highest BCUT2D eigenvalue weighted by Gasteiger charge is 2.14. The van der Waals surface area contributed by atoms with Crippen molar-refractivity contribution in [3.05, 3.63) is 53.3 Å². The molecule has 1 saturated heterocycles. The standard InChI is InChI=1S/C18H20ClN3O3/c19-14-1-3-16(4-2-14)25-10-7-21-18(23)17-13-15(5-6-20-17)22-8-11-24-12-9-22/h1-6,13H,7-12H2,(H,21,23). The zero-order valence-electron chi connectivity index (χ0n) is 13.8. The van der Waals surface area contributed by atoms with E-state index in [2.05, 4.69) is 15.2 Å². The first kappa shape index (κ1) is 17.5. The molecule has 1 N–H and O–H groups in total. The lowest BCUT2D eigenvalue weighted by molar-refractivity contribution is 0.0942. The van der Waals surface area contributed by atoms with Gasteiger partial charge in [0, 0.05) is 30.0 Å². The topological polar surface area (TPSA) is 63.7 Å². The van der Waals surface area contributed by atoms with Crippen molar-refractivity contribution < 1.29 is 14.3 Å². The summed E-state index contributed by atoms with van der Waals surface area (Å²) in [4.78, 5) is 18.6. The van der Waals surface area contributed by atoms with Crippen LogP contribution in [0.15, 0.2) is 42.6 Å². The van der Waals surface area contributed by atoms with Gasteiger partial charge in [0.05, 0.1) is 19.8 Å². The Morgan fingerprint density at radius 1 is 1.24 bits per heavy atom. The molecule has 2 heterocycles. The van der Waals surface area contributed by atoms with Gasteiger partial charge in [-0.3, -0.25) is 9.78 Å². The van der Waals surface area contributed by atoms with Crippen LogP contribution in [0.5, 0.6) is 5.75 Å². The number of pyridine rings is 1. The fourth-order valence-electron chi connectivity index (χ4n) is 2.52. The second-order valence-corrected chi connectivity index (χ2v) is 5.99. The number of anilines is 1. The number of halogens is 1. The van der Waals surface area contributed by atoms with Crippen LogP contribution in [0.3, 0.4) is 0 Å². The molecule has 0 unspecified atom stereocenters. The molecule has 3 rings (SSSR count). The van der Waals surface area contributed by atoms with Crippen LogP contribution >= 0.6 is 11.6 Å². The van der Waals surface area contributed by atoms with Gasteiger partial charge >= 0.3 is 0 Å². The summed E-state index contributed by atoms with van der Waals surface area (Å²) in [5, 5.41) is 3.47. The number of nitrogens with zero attached hydrogens (tertiary/aromatic N) is 2. The number of aromatic nitrogens is 1. The number of ether oxygens (including phenoxy) is 2. The number of amides is 1. The molecule has 1 aromatic heterocycles. The van der Waals surface area contributed by atoms with Crippen LogP contribution in [0, 0.1) is 0 Å². The first-order valence-corrected chi connectivity index (χ1v) is 8.55. The van der Waals surface area contributed by atoms with Crippen molar-refractivity contribution in [3.8, 4) is 5.75 Å². The normalized spacial score (nSPS) is 14.2. The van der Waals surface area contributed by atoms with Crippen molar-refractivity contribution in [1.29, 1.82) is 0 Å². The van der Waals surface area contributed by atoms with Gasteiger partial charge in [0.1, 0.15) is 18.1 Å². The minimum atomic E-state index is -0.213. The van der Waals surface area contributed by atoms with Gasteiger partial charge in [-0.15, -0.1) is 0 Å². The Labute approximate surface area is 151 Å². The summed E-state index contributed by atoms with van der Waals surface area (Å²) in [5.41, 5.74) is 1.39. The minimum absolute atomic E-state index is 0.213. The molecule has 0 atom stereocenters. The van der Waals surface area contributed by atoms with Crippen molar-refractivity contribution in [2.45, 2.75) is 0 Å². The van der Waals surface area contributed by atoms with E-state index < -0.39 is 0 Å². The van der Waals surface area contributed by atoms with Gasteiger partial charge in [-0.05, 0) is 36.4 Å². The second-order valence-electron chi connectivity index (χ2n) is 5.56. The maximum absolute atomic E-state index is 12.2. The number of morpholine rings is 1. The molecule has 25 heavy (non-hydrogen) atoms. The number of carbonyl (C=O) groups excluding carboxylic acids is 1. The van der Waals surface area contributed by atoms with Gasteiger partial charge in [-0.2, -0.15) is 0 Å². The maximum Gasteiger partial charge on any atom is 0.270 e. The molecule has 7 heteroatoms. The molecule has 1 aliphatic rings. The summed E-state index contributed by atoms with van der Waals surface area (Å²) in [6, 6.07) is 10.8. The molecule has 1 aliphatic heterocycles. The molecule has 1 fully saturated rings. The number of rotatable bonds is 6. The Hall–Kier alpha value is -2.31. The molecule has 1 amide bonds. The van der Waals surface area contributed by atoms with Crippen molar-refractivity contribution in [2.75, 3.05) is 44.4 Å². The molecule has 0 radical (unpaired) electrons. The van der Waals surface area contributed by atoms with Crippen molar-refractivity contribution in [1.82, 2.24) is 10.3 Å². The summed E-state index contributed by atoms with van der Waals surface area (Å²) in [6.07, 6.45) is 1.66. The lowest BCUT2D eigenvalue weighted by atomic mass is 10.2. The summed E-state index contributed by atoms with van der Waals surface area (Å²) in [7, 11) is 0. The molecule has 0 spiro atoms. The molecule has 132 valence electrons. The van der Waals surface area contributed by atoms with E-state index in [0.717, 1.165) is 18.8 Å². The zero-order valence-corrected chi connectivity index (χ0v) is 14.5. The highest BCUT2D eigenvalue weighted by atomic mass is 35.5. The first-order chi connectivity index (χ1) is 12.2. The van der Waals surface area contributed by atoms with E-state index in [1.54, 1.807) is 36.5 Å². The van der Waals surface area contributed by atoms with Crippen LogP contribution in [0.25, 0.3) is 0 Å². The Bertz CT molecular complexity index is 703. The lowest BCUT2D eigenvalue weighted by Crippen LogP contribution is -2.36. The smallest absolute Gasteiger partial charge is 0.270 e. The number of nitrogens with one attached hydrogen (secondary N) is 1. The van der Waals surface area contributed by atoms with Crippen LogP contribution in [-0.2, 0) is 4.74 Å². The average molecular weight is 362 g/mol. The van der Waals surface area contributed by atoms with Crippen LogP contribution < -0.4 is 15.0 Å². The summed E-state index contributed by atoms with van der Waals surface area (Å²) < 4.78 is 10.9. The molecule has 0 saturated carbocycles. The fourth-order valence-corrected chi connectivity index (χ4v) is 2.64.